The number of benzene rings is 2. The molecule has 62 heavy (non-hydrogen) atoms. The second-order valence-electron chi connectivity index (χ2n) is 17.4. The number of anilines is 4. The molecular weight excluding hydrogens is 827 g/mol. The fourth-order valence-electron chi connectivity index (χ4n) is 10.2. The first-order valence-corrected chi connectivity index (χ1v) is 21.5. The Balaban J connectivity index is 0.815. The van der Waals surface area contributed by atoms with Gasteiger partial charge in [0.1, 0.15) is 11.5 Å². The van der Waals surface area contributed by atoms with E-state index in [0.29, 0.717) is 95.9 Å². The SMILES string of the molecule is CNc1cc(N2CCc3c(CN4CCC(N5CCC6(CCN(C(=O)c7cc(C)c(Cl)c(N8CCC(=O)NC8=O)c7)CC6)CC5)C(F)(F)C4)cc(F)cc32)nn2c(C(N)=O)cnc12. The molecule has 1 unspecified atom stereocenters. The van der Waals surface area contributed by atoms with Crippen LogP contribution in [0.1, 0.15) is 76.1 Å². The number of imide groups is 1. The number of hydrogen-bond acceptors (Lipinski definition) is 10. The number of amides is 5. The minimum absolute atomic E-state index is 0.0345. The third-order valence-corrected chi connectivity index (χ3v) is 14.2. The number of likely N-dealkylation sites (tertiary alicyclic amines) is 3. The Hall–Kier alpha value is -5.46. The van der Waals surface area contributed by atoms with Crippen LogP contribution in [0.15, 0.2) is 36.5 Å². The third kappa shape index (κ3) is 7.59. The van der Waals surface area contributed by atoms with Crippen molar-refractivity contribution in [3.8, 4) is 0 Å². The first-order chi connectivity index (χ1) is 29.6. The van der Waals surface area contributed by atoms with Crippen LogP contribution in [0, 0.1) is 18.2 Å². The average Bonchev–Trinajstić information content (AvgIpc) is 3.87. The van der Waals surface area contributed by atoms with Crippen LogP contribution >= 0.6 is 11.6 Å². The average molecular weight is 876 g/mol. The van der Waals surface area contributed by atoms with Crippen LogP contribution < -0.4 is 26.2 Å². The van der Waals surface area contributed by atoms with E-state index in [1.54, 1.807) is 37.1 Å². The number of nitrogens with two attached hydrogens (primary N) is 1. The lowest BCUT2D eigenvalue weighted by Gasteiger charge is -2.51. The quantitative estimate of drug-likeness (QED) is 0.211. The van der Waals surface area contributed by atoms with Crippen molar-refractivity contribution in [1.29, 1.82) is 0 Å². The van der Waals surface area contributed by atoms with Crippen molar-refractivity contribution in [3.63, 3.8) is 0 Å². The van der Waals surface area contributed by atoms with E-state index < -0.39 is 36.3 Å². The number of urea groups is 1. The summed E-state index contributed by atoms with van der Waals surface area (Å²) in [5.74, 6) is -4.20. The number of carbonyl (C=O) groups excluding carboxylic acids is 4. The van der Waals surface area contributed by atoms with E-state index in [1.165, 1.54) is 27.7 Å². The van der Waals surface area contributed by atoms with Gasteiger partial charge in [-0.1, -0.05) is 11.6 Å². The highest BCUT2D eigenvalue weighted by Crippen LogP contribution is 2.45. The molecular formula is C43H49ClF3N11O4. The van der Waals surface area contributed by atoms with Gasteiger partial charge in [-0.3, -0.25) is 34.4 Å². The Morgan fingerprint density at radius 2 is 1.68 bits per heavy atom. The highest BCUT2D eigenvalue weighted by atomic mass is 35.5. The molecule has 15 nitrogen and oxygen atoms in total. The minimum Gasteiger partial charge on any atom is -0.385 e. The van der Waals surface area contributed by atoms with Gasteiger partial charge in [-0.15, -0.1) is 5.10 Å². The number of piperidine rings is 3. The topological polar surface area (TPSA) is 165 Å². The first-order valence-electron chi connectivity index (χ1n) is 21.1. The molecule has 0 saturated carbocycles. The predicted octanol–water partition coefficient (Wildman–Crippen LogP) is 5.34. The molecule has 0 aliphatic carbocycles. The van der Waals surface area contributed by atoms with Gasteiger partial charge in [-0.05, 0) is 105 Å². The number of fused-ring (bicyclic) bond motifs is 2. The van der Waals surface area contributed by atoms with Crippen LogP contribution in [0.2, 0.25) is 5.02 Å². The summed E-state index contributed by atoms with van der Waals surface area (Å²) in [6, 6.07) is 6.52. The molecule has 4 fully saturated rings. The zero-order valence-electron chi connectivity index (χ0n) is 34.7. The highest BCUT2D eigenvalue weighted by Gasteiger charge is 2.50. The second kappa shape index (κ2) is 16.0. The summed E-state index contributed by atoms with van der Waals surface area (Å²) in [7, 11) is 1.72. The molecule has 5 amide bonds. The molecule has 1 atom stereocenters. The van der Waals surface area contributed by atoms with Gasteiger partial charge in [0.15, 0.2) is 11.5 Å². The smallest absolute Gasteiger partial charge is 0.328 e. The lowest BCUT2D eigenvalue weighted by Crippen LogP contribution is -2.60. The lowest BCUT2D eigenvalue weighted by atomic mass is 9.70. The molecule has 9 rings (SSSR count). The predicted molar refractivity (Wildman–Crippen MR) is 227 cm³/mol. The number of alkyl halides is 2. The van der Waals surface area contributed by atoms with Crippen molar-refractivity contribution in [2.45, 2.75) is 70.4 Å². The number of halogens is 4. The lowest BCUT2D eigenvalue weighted by molar-refractivity contribution is -0.139. The maximum Gasteiger partial charge on any atom is 0.328 e. The van der Waals surface area contributed by atoms with Crippen molar-refractivity contribution in [1.82, 2.24) is 34.6 Å². The monoisotopic (exact) mass is 875 g/mol. The Kier molecular flexibility index (Phi) is 10.8. The molecule has 1 spiro atoms. The van der Waals surface area contributed by atoms with Crippen molar-refractivity contribution < 1.29 is 32.3 Å². The van der Waals surface area contributed by atoms with Crippen LogP contribution in [0.5, 0.6) is 0 Å². The van der Waals surface area contributed by atoms with E-state index in [-0.39, 0.29) is 48.9 Å². The number of aromatic nitrogens is 3. The number of aryl methyl sites for hydroxylation is 1. The van der Waals surface area contributed by atoms with Crippen molar-refractivity contribution in [2.24, 2.45) is 11.1 Å². The Morgan fingerprint density at radius 3 is 2.37 bits per heavy atom. The Morgan fingerprint density at radius 1 is 0.952 bits per heavy atom. The molecule has 2 aromatic heterocycles. The van der Waals surface area contributed by atoms with Crippen molar-refractivity contribution in [2.75, 3.05) is 74.5 Å². The van der Waals surface area contributed by atoms with E-state index in [2.05, 4.69) is 20.7 Å². The van der Waals surface area contributed by atoms with E-state index in [9.17, 15) is 19.2 Å². The largest absolute Gasteiger partial charge is 0.385 e. The standard InChI is InChI=1S/C43H49ClF3N11O4/c1-25-17-26(19-32(37(25)44)57-12-5-36(59)51-41(57)62)40(61)55-15-8-42(9-16-55)6-13-54(14-7-42)34-4-10-53(24-43(34,46)47)23-27-18-28(45)20-31-29(27)3-11-56(31)35-21-30(49-2)39-50-22-33(38(48)60)58(39)52-35/h17-22,34,49H,3-16,23-24H2,1-2H3,(H2,48,60)(H,51,59,62). The van der Waals surface area contributed by atoms with Crippen molar-refractivity contribution in [3.05, 3.63) is 75.3 Å². The Bertz CT molecular complexity index is 2480. The molecule has 328 valence electrons. The van der Waals surface area contributed by atoms with Gasteiger partial charge in [0, 0.05) is 70.1 Å². The summed E-state index contributed by atoms with van der Waals surface area (Å²) < 4.78 is 49.0. The number of primary amides is 1. The van der Waals surface area contributed by atoms with Gasteiger partial charge in [0.2, 0.25) is 5.91 Å². The number of rotatable bonds is 8. The molecule has 5 aliphatic heterocycles. The van der Waals surface area contributed by atoms with Crippen LogP contribution in [-0.2, 0) is 17.8 Å². The van der Waals surface area contributed by atoms with Gasteiger partial charge in [-0.2, -0.15) is 0 Å². The summed E-state index contributed by atoms with van der Waals surface area (Å²) >= 11 is 6.57. The summed E-state index contributed by atoms with van der Waals surface area (Å²) in [6.45, 7) is 4.79. The molecule has 0 bridgehead atoms. The number of nitrogens with zero attached hydrogens (tertiary/aromatic N) is 8. The van der Waals surface area contributed by atoms with Gasteiger partial charge < -0.3 is 20.9 Å². The fraction of sp³-hybridized carbons (Fsp3) is 0.488. The third-order valence-electron chi connectivity index (χ3n) is 13.7. The number of carbonyl (C=O) groups is 4. The van der Waals surface area contributed by atoms with Gasteiger partial charge in [-0.25, -0.2) is 27.5 Å². The van der Waals surface area contributed by atoms with Crippen LogP contribution in [0.3, 0.4) is 0 Å². The molecule has 5 aliphatic rings. The minimum atomic E-state index is -2.98. The Labute approximate surface area is 361 Å². The summed E-state index contributed by atoms with van der Waals surface area (Å²) in [5.41, 5.74) is 10.3. The molecule has 7 heterocycles. The normalized spacial score (nSPS) is 21.7. The van der Waals surface area contributed by atoms with Crippen molar-refractivity contribution >= 4 is 63.9 Å². The molecule has 4 saturated heterocycles. The fourth-order valence-corrected chi connectivity index (χ4v) is 10.4. The van der Waals surface area contributed by atoms with E-state index in [0.717, 1.165) is 31.2 Å². The summed E-state index contributed by atoms with van der Waals surface area (Å²) in [5, 5.41) is 10.4. The number of hydrogen-bond donors (Lipinski definition) is 3. The zero-order chi connectivity index (χ0) is 43.7. The highest BCUT2D eigenvalue weighted by molar-refractivity contribution is 6.35. The first kappa shape index (κ1) is 41.9. The second-order valence-corrected chi connectivity index (χ2v) is 17.7. The van der Waals surface area contributed by atoms with Gasteiger partial charge >= 0.3 is 6.03 Å². The van der Waals surface area contributed by atoms with Gasteiger partial charge in [0.25, 0.3) is 17.7 Å². The maximum atomic E-state index is 16.2. The molecule has 2 aromatic carbocycles. The zero-order valence-corrected chi connectivity index (χ0v) is 35.4. The van der Waals surface area contributed by atoms with E-state index >= 15 is 13.2 Å². The molecule has 4 N–H and O–H groups in total. The maximum absolute atomic E-state index is 16.2. The summed E-state index contributed by atoms with van der Waals surface area (Å²) in [6.07, 6.45) is 5.42. The van der Waals surface area contributed by atoms with Crippen LogP contribution in [0.25, 0.3) is 5.65 Å². The number of nitrogens with one attached hydrogen (secondary N) is 2. The molecule has 0 radical (unpaired) electrons. The summed E-state index contributed by atoms with van der Waals surface area (Å²) in [4.78, 5) is 63.2. The van der Waals surface area contributed by atoms with Crippen LogP contribution in [0.4, 0.5) is 40.8 Å². The van der Waals surface area contributed by atoms with Gasteiger partial charge in [0.05, 0.1) is 35.2 Å². The molecule has 4 aromatic rings. The van der Waals surface area contributed by atoms with E-state index in [4.69, 9.17) is 17.3 Å². The molecule has 19 heteroatoms. The van der Waals surface area contributed by atoms with E-state index in [1.807, 2.05) is 14.7 Å². The van der Waals surface area contributed by atoms with Crippen LogP contribution in [-0.4, -0.2) is 124 Å². The number of imidazole rings is 1.